The van der Waals surface area contributed by atoms with Crippen LogP contribution in [0.15, 0.2) is 18.2 Å². The summed E-state index contributed by atoms with van der Waals surface area (Å²) in [7, 11) is 0. The van der Waals surface area contributed by atoms with Crippen molar-refractivity contribution in [1.29, 1.82) is 0 Å². The summed E-state index contributed by atoms with van der Waals surface area (Å²) in [5, 5.41) is 28.5. The molecule has 0 saturated heterocycles. The molecule has 1 fully saturated rings. The van der Waals surface area contributed by atoms with Crippen molar-refractivity contribution >= 4 is 11.9 Å². The first-order chi connectivity index (χ1) is 14.7. The molecule has 31 heavy (non-hydrogen) atoms. The standard InChI is InChI=1S/C26H40O5/c1-25(2,23(28)29)15-9-5-4-8-12-21-19-20(13-14-22(21)27)11-7-3-6-10-16-26(17-18-26)24(30)31/h13-14,19,27H,3-12,15-18H2,1-2H3,(H,28,29)(H,30,31). The van der Waals surface area contributed by atoms with Crippen LogP contribution in [0, 0.1) is 10.8 Å². The third-order valence-electron chi connectivity index (χ3n) is 6.90. The first-order valence-corrected chi connectivity index (χ1v) is 11.9. The van der Waals surface area contributed by atoms with Crippen molar-refractivity contribution < 1.29 is 24.9 Å². The molecule has 0 aromatic heterocycles. The molecule has 0 spiro atoms. The van der Waals surface area contributed by atoms with Gasteiger partial charge in [-0.15, -0.1) is 0 Å². The molecule has 174 valence electrons. The summed E-state index contributed by atoms with van der Waals surface area (Å²) in [6, 6.07) is 5.91. The quantitative estimate of drug-likeness (QED) is 0.264. The van der Waals surface area contributed by atoms with Crippen molar-refractivity contribution in [1.82, 2.24) is 0 Å². The van der Waals surface area contributed by atoms with E-state index in [-0.39, 0.29) is 0 Å². The number of aromatic hydroxyl groups is 1. The summed E-state index contributed by atoms with van der Waals surface area (Å²) in [6.07, 6.45) is 13.3. The summed E-state index contributed by atoms with van der Waals surface area (Å²) < 4.78 is 0. The first-order valence-electron chi connectivity index (χ1n) is 11.9. The van der Waals surface area contributed by atoms with E-state index in [1.165, 1.54) is 5.56 Å². The molecule has 1 aliphatic carbocycles. The van der Waals surface area contributed by atoms with E-state index in [4.69, 9.17) is 5.11 Å². The Hall–Kier alpha value is -2.04. The number of phenolic OH excluding ortho intramolecular Hbond substituents is 1. The fourth-order valence-corrected chi connectivity index (χ4v) is 4.21. The number of hydrogen-bond acceptors (Lipinski definition) is 3. The highest BCUT2D eigenvalue weighted by Gasteiger charge is 2.49. The molecule has 5 heteroatoms. The number of aliphatic carboxylic acids is 2. The van der Waals surface area contributed by atoms with Crippen LogP contribution in [0.5, 0.6) is 5.75 Å². The van der Waals surface area contributed by atoms with E-state index in [0.717, 1.165) is 89.0 Å². The maximum atomic E-state index is 11.2. The third kappa shape index (κ3) is 8.19. The van der Waals surface area contributed by atoms with Crippen LogP contribution in [-0.2, 0) is 22.4 Å². The molecule has 3 N–H and O–H groups in total. The molecule has 0 radical (unpaired) electrons. The lowest BCUT2D eigenvalue weighted by atomic mass is 9.87. The van der Waals surface area contributed by atoms with Gasteiger partial charge in [0.15, 0.2) is 0 Å². The van der Waals surface area contributed by atoms with Gasteiger partial charge in [0.05, 0.1) is 10.8 Å². The lowest BCUT2D eigenvalue weighted by Gasteiger charge is -2.18. The number of aryl methyl sites for hydroxylation is 2. The highest BCUT2D eigenvalue weighted by atomic mass is 16.4. The predicted octanol–water partition coefficient (Wildman–Crippen LogP) is 6.35. The Labute approximate surface area is 186 Å². The molecule has 0 amide bonds. The number of benzene rings is 1. The topological polar surface area (TPSA) is 94.8 Å². The lowest BCUT2D eigenvalue weighted by Crippen LogP contribution is -2.23. The van der Waals surface area contributed by atoms with E-state index in [0.29, 0.717) is 12.2 Å². The van der Waals surface area contributed by atoms with Crippen molar-refractivity contribution in [3.8, 4) is 5.75 Å². The predicted molar refractivity (Wildman–Crippen MR) is 122 cm³/mol. The molecule has 1 saturated carbocycles. The second kappa shape index (κ2) is 11.5. The van der Waals surface area contributed by atoms with Gasteiger partial charge in [0.2, 0.25) is 0 Å². The van der Waals surface area contributed by atoms with Crippen molar-refractivity contribution in [2.24, 2.45) is 10.8 Å². The first kappa shape index (κ1) is 25.2. The Morgan fingerprint density at radius 2 is 1.52 bits per heavy atom. The summed E-state index contributed by atoms with van der Waals surface area (Å²) in [4.78, 5) is 22.3. The van der Waals surface area contributed by atoms with Crippen LogP contribution in [0.1, 0.15) is 102 Å². The van der Waals surface area contributed by atoms with Gasteiger partial charge in [0.25, 0.3) is 0 Å². The van der Waals surface area contributed by atoms with Crippen LogP contribution in [0.25, 0.3) is 0 Å². The number of hydrogen-bond donors (Lipinski definition) is 3. The zero-order valence-electron chi connectivity index (χ0n) is 19.3. The average molecular weight is 433 g/mol. The molecule has 1 aromatic rings. The minimum Gasteiger partial charge on any atom is -0.508 e. The van der Waals surface area contributed by atoms with Gasteiger partial charge in [-0.3, -0.25) is 9.59 Å². The lowest BCUT2D eigenvalue weighted by molar-refractivity contribution is -0.147. The van der Waals surface area contributed by atoms with Crippen LogP contribution < -0.4 is 0 Å². The van der Waals surface area contributed by atoms with Crippen LogP contribution in [0.3, 0.4) is 0 Å². The van der Waals surface area contributed by atoms with Gasteiger partial charge in [-0.25, -0.2) is 0 Å². The highest BCUT2D eigenvalue weighted by molar-refractivity contribution is 5.77. The number of carboxylic acid groups (broad SMARTS) is 2. The number of carbonyl (C=O) groups is 2. The van der Waals surface area contributed by atoms with Gasteiger partial charge < -0.3 is 15.3 Å². The monoisotopic (exact) mass is 432 g/mol. The molecule has 0 aliphatic heterocycles. The normalized spacial score (nSPS) is 15.0. The van der Waals surface area contributed by atoms with E-state index in [2.05, 4.69) is 6.07 Å². The molecule has 0 atom stereocenters. The SMILES string of the molecule is CC(C)(CCCCCCc1cc(CCCCCCC2(C(=O)O)CC2)ccc1O)C(=O)O. The molecule has 0 bridgehead atoms. The van der Waals surface area contributed by atoms with E-state index >= 15 is 0 Å². The maximum Gasteiger partial charge on any atom is 0.309 e. The van der Waals surface area contributed by atoms with Gasteiger partial charge >= 0.3 is 11.9 Å². The van der Waals surface area contributed by atoms with E-state index in [1.54, 1.807) is 19.9 Å². The minimum atomic E-state index is -0.735. The van der Waals surface area contributed by atoms with Crippen LogP contribution in [-0.4, -0.2) is 27.3 Å². The number of carboxylic acids is 2. The molecule has 0 heterocycles. The zero-order chi connectivity index (χ0) is 22.9. The van der Waals surface area contributed by atoms with Gasteiger partial charge in [-0.2, -0.15) is 0 Å². The molecule has 2 rings (SSSR count). The van der Waals surface area contributed by atoms with E-state index < -0.39 is 22.8 Å². The fourth-order valence-electron chi connectivity index (χ4n) is 4.21. The molecule has 1 aromatic carbocycles. The van der Waals surface area contributed by atoms with Gasteiger partial charge in [0, 0.05) is 0 Å². The summed E-state index contributed by atoms with van der Waals surface area (Å²) in [6.45, 7) is 3.55. The average Bonchev–Trinajstić information content (AvgIpc) is 3.50. The second-order valence-electron chi connectivity index (χ2n) is 10.1. The van der Waals surface area contributed by atoms with Crippen LogP contribution in [0.4, 0.5) is 0 Å². The smallest absolute Gasteiger partial charge is 0.309 e. The summed E-state index contributed by atoms with van der Waals surface area (Å²) in [5.74, 6) is -0.992. The molecule has 0 unspecified atom stereocenters. The maximum absolute atomic E-state index is 11.2. The number of phenols is 1. The van der Waals surface area contributed by atoms with Crippen molar-refractivity contribution in [2.75, 3.05) is 0 Å². The fraction of sp³-hybridized carbons (Fsp3) is 0.692. The van der Waals surface area contributed by atoms with Gasteiger partial charge in [-0.1, -0.05) is 50.7 Å². The van der Waals surface area contributed by atoms with Crippen LogP contribution in [0.2, 0.25) is 0 Å². The van der Waals surface area contributed by atoms with Crippen LogP contribution >= 0.6 is 0 Å². The van der Waals surface area contributed by atoms with Gasteiger partial charge in [0.1, 0.15) is 5.75 Å². The Morgan fingerprint density at radius 1 is 0.903 bits per heavy atom. The van der Waals surface area contributed by atoms with Crippen molar-refractivity contribution in [2.45, 2.75) is 104 Å². The highest BCUT2D eigenvalue weighted by Crippen LogP contribution is 2.50. The summed E-state index contributed by atoms with van der Waals surface area (Å²) >= 11 is 0. The zero-order valence-corrected chi connectivity index (χ0v) is 19.3. The van der Waals surface area contributed by atoms with Crippen molar-refractivity contribution in [3.63, 3.8) is 0 Å². The number of rotatable bonds is 16. The molecule has 5 nitrogen and oxygen atoms in total. The van der Waals surface area contributed by atoms with E-state index in [9.17, 15) is 19.8 Å². The number of unbranched alkanes of at least 4 members (excludes halogenated alkanes) is 6. The Morgan fingerprint density at radius 3 is 2.13 bits per heavy atom. The largest absolute Gasteiger partial charge is 0.508 e. The Kier molecular flexibility index (Phi) is 9.39. The molecular formula is C26H40O5. The third-order valence-corrected chi connectivity index (χ3v) is 6.90. The minimum absolute atomic E-state index is 0.360. The summed E-state index contributed by atoms with van der Waals surface area (Å²) in [5.41, 5.74) is 1.21. The van der Waals surface area contributed by atoms with Gasteiger partial charge in [-0.05, 0) is 82.4 Å². The van der Waals surface area contributed by atoms with E-state index in [1.807, 2.05) is 6.07 Å². The Balaban J connectivity index is 1.61. The molecular weight excluding hydrogens is 392 g/mol. The molecule has 1 aliphatic rings. The Bertz CT molecular complexity index is 733. The second-order valence-corrected chi connectivity index (χ2v) is 10.1. The van der Waals surface area contributed by atoms with Crippen molar-refractivity contribution in [3.05, 3.63) is 29.3 Å².